The summed E-state index contributed by atoms with van der Waals surface area (Å²) in [5.74, 6) is 1.46. The molecule has 0 saturated heterocycles. The lowest BCUT2D eigenvalue weighted by Crippen LogP contribution is -2.04. The van der Waals surface area contributed by atoms with Gasteiger partial charge in [-0.05, 0) is 34.5 Å². The number of rotatable bonds is 4. The van der Waals surface area contributed by atoms with Crippen LogP contribution in [-0.2, 0) is 0 Å². The quantitative estimate of drug-likeness (QED) is 0.865. The molecule has 2 rings (SSSR count). The van der Waals surface area contributed by atoms with E-state index in [1.165, 1.54) is 0 Å². The van der Waals surface area contributed by atoms with Gasteiger partial charge >= 0.3 is 0 Å². The van der Waals surface area contributed by atoms with Gasteiger partial charge in [-0.2, -0.15) is 5.10 Å². The first-order valence-electron chi connectivity index (χ1n) is 5.09. The average molecular weight is 282 g/mol. The van der Waals surface area contributed by atoms with Crippen LogP contribution in [0.15, 0.2) is 35.2 Å². The second kappa shape index (κ2) is 5.12. The standard InChI is InChI=1S/C11H12BrN3O/c1-2-6-16-10-4-3-5-13-11(10)15-8-9(12)7-14-15/h3-5,7-8H,2,6H2,1H3. The summed E-state index contributed by atoms with van der Waals surface area (Å²) in [5, 5.41) is 4.18. The van der Waals surface area contributed by atoms with Crippen molar-refractivity contribution in [2.45, 2.75) is 13.3 Å². The smallest absolute Gasteiger partial charge is 0.196 e. The summed E-state index contributed by atoms with van der Waals surface area (Å²) in [6.07, 6.45) is 6.26. The maximum Gasteiger partial charge on any atom is 0.196 e. The van der Waals surface area contributed by atoms with Gasteiger partial charge in [0.05, 0.1) is 17.3 Å². The van der Waals surface area contributed by atoms with Crippen LogP contribution in [0.5, 0.6) is 5.75 Å². The Morgan fingerprint density at radius 2 is 2.38 bits per heavy atom. The van der Waals surface area contributed by atoms with E-state index >= 15 is 0 Å². The third-order valence-corrected chi connectivity index (χ3v) is 2.39. The zero-order valence-corrected chi connectivity index (χ0v) is 10.5. The molecule has 5 heteroatoms. The number of ether oxygens (including phenoxy) is 1. The Balaban J connectivity index is 2.32. The van der Waals surface area contributed by atoms with Crippen LogP contribution in [0.2, 0.25) is 0 Å². The molecule has 0 aliphatic rings. The van der Waals surface area contributed by atoms with Crippen LogP contribution in [-0.4, -0.2) is 21.4 Å². The summed E-state index contributed by atoms with van der Waals surface area (Å²) in [4.78, 5) is 4.27. The van der Waals surface area contributed by atoms with Crippen LogP contribution in [0.3, 0.4) is 0 Å². The highest BCUT2D eigenvalue weighted by Crippen LogP contribution is 2.20. The molecule has 0 aromatic carbocycles. The Morgan fingerprint density at radius 1 is 1.50 bits per heavy atom. The summed E-state index contributed by atoms with van der Waals surface area (Å²) in [5.41, 5.74) is 0. The molecule has 0 spiro atoms. The first kappa shape index (κ1) is 11.1. The summed E-state index contributed by atoms with van der Waals surface area (Å²) < 4.78 is 8.22. The number of nitrogens with zero attached hydrogens (tertiary/aromatic N) is 3. The van der Waals surface area contributed by atoms with Crippen molar-refractivity contribution in [2.75, 3.05) is 6.61 Å². The molecule has 0 unspecified atom stereocenters. The minimum absolute atomic E-state index is 0.682. The van der Waals surface area contributed by atoms with Gasteiger partial charge in [-0.25, -0.2) is 9.67 Å². The van der Waals surface area contributed by atoms with Gasteiger partial charge in [-0.3, -0.25) is 0 Å². The SMILES string of the molecule is CCCOc1cccnc1-n1cc(Br)cn1. The van der Waals surface area contributed by atoms with E-state index in [1.54, 1.807) is 17.1 Å². The maximum atomic E-state index is 5.61. The Kier molecular flexibility index (Phi) is 3.56. The number of hydrogen-bond donors (Lipinski definition) is 0. The minimum atomic E-state index is 0.682. The van der Waals surface area contributed by atoms with Crippen LogP contribution in [0, 0.1) is 0 Å². The van der Waals surface area contributed by atoms with Gasteiger partial charge in [0, 0.05) is 12.4 Å². The molecular weight excluding hydrogens is 270 g/mol. The van der Waals surface area contributed by atoms with Gasteiger partial charge in [0.25, 0.3) is 0 Å². The Morgan fingerprint density at radius 3 is 3.06 bits per heavy atom. The Labute approximate surface area is 102 Å². The lowest BCUT2D eigenvalue weighted by molar-refractivity contribution is 0.314. The molecule has 2 heterocycles. The second-order valence-corrected chi connectivity index (χ2v) is 4.19. The number of hydrogen-bond acceptors (Lipinski definition) is 3. The van der Waals surface area contributed by atoms with Crippen LogP contribution in [0.1, 0.15) is 13.3 Å². The van der Waals surface area contributed by atoms with Crippen molar-refractivity contribution in [1.82, 2.24) is 14.8 Å². The van der Waals surface area contributed by atoms with Crippen molar-refractivity contribution in [3.05, 3.63) is 35.2 Å². The highest BCUT2D eigenvalue weighted by molar-refractivity contribution is 9.10. The van der Waals surface area contributed by atoms with E-state index in [1.807, 2.05) is 18.3 Å². The molecule has 0 N–H and O–H groups in total. The van der Waals surface area contributed by atoms with Crippen molar-refractivity contribution >= 4 is 15.9 Å². The first-order valence-corrected chi connectivity index (χ1v) is 5.89. The van der Waals surface area contributed by atoms with Crippen molar-refractivity contribution < 1.29 is 4.74 Å². The molecule has 0 atom stereocenters. The van der Waals surface area contributed by atoms with Gasteiger partial charge in [-0.15, -0.1) is 0 Å². The Hall–Kier alpha value is -1.36. The monoisotopic (exact) mass is 281 g/mol. The third kappa shape index (κ3) is 2.41. The molecule has 0 bridgehead atoms. The predicted octanol–water partition coefficient (Wildman–Crippen LogP) is 2.82. The molecule has 0 aliphatic heterocycles. The van der Waals surface area contributed by atoms with Crippen LogP contribution < -0.4 is 4.74 Å². The topological polar surface area (TPSA) is 39.9 Å². The zero-order valence-electron chi connectivity index (χ0n) is 8.93. The van der Waals surface area contributed by atoms with E-state index in [0.29, 0.717) is 12.4 Å². The van der Waals surface area contributed by atoms with Crippen LogP contribution in [0.4, 0.5) is 0 Å². The Bertz CT molecular complexity index is 470. The van der Waals surface area contributed by atoms with E-state index in [0.717, 1.165) is 16.6 Å². The van der Waals surface area contributed by atoms with E-state index < -0.39 is 0 Å². The van der Waals surface area contributed by atoms with Crippen molar-refractivity contribution in [2.24, 2.45) is 0 Å². The molecule has 0 fully saturated rings. The molecule has 84 valence electrons. The van der Waals surface area contributed by atoms with Gasteiger partial charge in [0.15, 0.2) is 11.6 Å². The maximum absolute atomic E-state index is 5.61. The largest absolute Gasteiger partial charge is 0.490 e. The van der Waals surface area contributed by atoms with Gasteiger partial charge in [0.2, 0.25) is 0 Å². The molecule has 0 aliphatic carbocycles. The normalized spacial score (nSPS) is 10.4. The van der Waals surface area contributed by atoms with Crippen molar-refractivity contribution in [1.29, 1.82) is 0 Å². The summed E-state index contributed by atoms with van der Waals surface area (Å²) >= 11 is 3.35. The highest BCUT2D eigenvalue weighted by atomic mass is 79.9. The van der Waals surface area contributed by atoms with Crippen LogP contribution >= 0.6 is 15.9 Å². The lowest BCUT2D eigenvalue weighted by atomic mass is 10.4. The fourth-order valence-corrected chi connectivity index (χ4v) is 1.58. The molecule has 0 radical (unpaired) electrons. The molecule has 0 amide bonds. The van der Waals surface area contributed by atoms with Gasteiger partial charge in [0.1, 0.15) is 0 Å². The van der Waals surface area contributed by atoms with Crippen LogP contribution in [0.25, 0.3) is 5.82 Å². The van der Waals surface area contributed by atoms with Gasteiger partial charge < -0.3 is 4.74 Å². The average Bonchev–Trinajstić information content (AvgIpc) is 2.73. The highest BCUT2D eigenvalue weighted by Gasteiger charge is 2.07. The molecule has 16 heavy (non-hydrogen) atoms. The molecule has 0 saturated carbocycles. The predicted molar refractivity (Wildman–Crippen MR) is 64.8 cm³/mol. The number of halogens is 1. The first-order chi connectivity index (χ1) is 7.81. The lowest BCUT2D eigenvalue weighted by Gasteiger charge is -2.08. The van der Waals surface area contributed by atoms with Crippen molar-refractivity contribution in [3.8, 4) is 11.6 Å². The summed E-state index contributed by atoms with van der Waals surface area (Å²) in [6.45, 7) is 2.75. The fourth-order valence-electron chi connectivity index (χ4n) is 1.30. The number of aromatic nitrogens is 3. The van der Waals surface area contributed by atoms with E-state index in [4.69, 9.17) is 4.74 Å². The zero-order chi connectivity index (χ0) is 11.4. The molecular formula is C11H12BrN3O. The summed E-state index contributed by atoms with van der Waals surface area (Å²) in [6, 6.07) is 3.75. The van der Waals surface area contributed by atoms with E-state index in [-0.39, 0.29) is 0 Å². The molecule has 4 nitrogen and oxygen atoms in total. The van der Waals surface area contributed by atoms with E-state index in [9.17, 15) is 0 Å². The van der Waals surface area contributed by atoms with Crippen molar-refractivity contribution in [3.63, 3.8) is 0 Å². The fraction of sp³-hybridized carbons (Fsp3) is 0.273. The van der Waals surface area contributed by atoms with Gasteiger partial charge in [-0.1, -0.05) is 6.92 Å². The number of pyridine rings is 1. The second-order valence-electron chi connectivity index (χ2n) is 3.28. The molecule has 2 aromatic rings. The molecule has 2 aromatic heterocycles. The minimum Gasteiger partial charge on any atom is -0.490 e. The summed E-state index contributed by atoms with van der Waals surface area (Å²) in [7, 11) is 0. The van der Waals surface area contributed by atoms with E-state index in [2.05, 4.69) is 32.9 Å². The third-order valence-electron chi connectivity index (χ3n) is 1.98.